The Balaban J connectivity index is 2.20. The van der Waals surface area contributed by atoms with Gasteiger partial charge in [-0.05, 0) is 0 Å². The molecule has 1 aliphatic rings. The summed E-state index contributed by atoms with van der Waals surface area (Å²) in [6.07, 6.45) is 0. The highest BCUT2D eigenvalue weighted by molar-refractivity contribution is 4.56. The normalized spacial score (nSPS) is 23.2. The number of hydrogen-bond acceptors (Lipinski definition) is 6. The van der Waals surface area contributed by atoms with Crippen molar-refractivity contribution in [3.63, 3.8) is 0 Å². The zero-order valence-electron chi connectivity index (χ0n) is 11.0. The SMILES string of the molecule is OCCN1CCOCCOCCOCCOCC1. The van der Waals surface area contributed by atoms with Gasteiger partial charge in [0.25, 0.3) is 0 Å². The lowest BCUT2D eigenvalue weighted by Gasteiger charge is -2.20. The van der Waals surface area contributed by atoms with Crippen LogP contribution in [0.5, 0.6) is 0 Å². The number of aliphatic hydroxyl groups excluding tert-OH is 1. The first-order valence-electron chi connectivity index (χ1n) is 6.57. The minimum absolute atomic E-state index is 0.159. The van der Waals surface area contributed by atoms with Crippen molar-refractivity contribution in [3.8, 4) is 0 Å². The molecule has 6 nitrogen and oxygen atoms in total. The van der Waals surface area contributed by atoms with Crippen LogP contribution in [0.1, 0.15) is 0 Å². The standard InChI is InChI=1S/C12H25NO5/c14-4-1-13-2-5-15-7-9-17-11-12-18-10-8-16-6-3-13/h14H,1-12H2. The Morgan fingerprint density at radius 1 is 0.667 bits per heavy atom. The number of hydrogen-bond donors (Lipinski definition) is 1. The molecule has 0 unspecified atom stereocenters. The molecule has 0 aromatic heterocycles. The fraction of sp³-hybridized carbons (Fsp3) is 1.00. The van der Waals surface area contributed by atoms with Crippen molar-refractivity contribution < 1.29 is 24.1 Å². The van der Waals surface area contributed by atoms with Crippen LogP contribution in [0.25, 0.3) is 0 Å². The van der Waals surface area contributed by atoms with Crippen molar-refractivity contribution in [2.75, 3.05) is 79.1 Å². The molecule has 0 spiro atoms. The number of aliphatic hydroxyl groups is 1. The smallest absolute Gasteiger partial charge is 0.0701 e. The molecule has 1 fully saturated rings. The molecule has 1 saturated heterocycles. The monoisotopic (exact) mass is 263 g/mol. The Labute approximate surface area is 109 Å². The summed E-state index contributed by atoms with van der Waals surface area (Å²) in [4.78, 5) is 2.13. The molecule has 0 amide bonds. The average Bonchev–Trinajstić information content (AvgIpc) is 2.39. The lowest BCUT2D eigenvalue weighted by Crippen LogP contribution is -2.33. The highest BCUT2D eigenvalue weighted by atomic mass is 16.6. The molecule has 0 radical (unpaired) electrons. The van der Waals surface area contributed by atoms with Crippen LogP contribution in [0.4, 0.5) is 0 Å². The highest BCUT2D eigenvalue weighted by Gasteiger charge is 2.04. The van der Waals surface area contributed by atoms with E-state index in [9.17, 15) is 0 Å². The Kier molecular flexibility index (Phi) is 10.4. The van der Waals surface area contributed by atoms with Gasteiger partial charge in [-0.1, -0.05) is 0 Å². The molecule has 0 aromatic rings. The largest absolute Gasteiger partial charge is 0.395 e. The molecule has 1 rings (SSSR count). The summed E-state index contributed by atoms with van der Waals surface area (Å²) in [7, 11) is 0. The summed E-state index contributed by atoms with van der Waals surface area (Å²) in [6.45, 7) is 7.32. The molecule has 1 heterocycles. The van der Waals surface area contributed by atoms with Gasteiger partial charge >= 0.3 is 0 Å². The molecule has 0 bridgehead atoms. The van der Waals surface area contributed by atoms with Crippen LogP contribution in [0.2, 0.25) is 0 Å². The second-order valence-electron chi connectivity index (χ2n) is 4.01. The van der Waals surface area contributed by atoms with E-state index >= 15 is 0 Å². The number of nitrogens with zero attached hydrogens (tertiary/aromatic N) is 1. The fourth-order valence-corrected chi connectivity index (χ4v) is 1.63. The van der Waals surface area contributed by atoms with E-state index in [1.54, 1.807) is 0 Å². The minimum atomic E-state index is 0.159. The second-order valence-corrected chi connectivity index (χ2v) is 4.01. The van der Waals surface area contributed by atoms with Gasteiger partial charge in [0, 0.05) is 19.6 Å². The summed E-state index contributed by atoms with van der Waals surface area (Å²) in [5.41, 5.74) is 0. The van der Waals surface area contributed by atoms with E-state index in [-0.39, 0.29) is 6.61 Å². The predicted octanol–water partition coefficient (Wildman–Crippen LogP) is -0.639. The van der Waals surface area contributed by atoms with Gasteiger partial charge < -0.3 is 24.1 Å². The average molecular weight is 263 g/mol. The van der Waals surface area contributed by atoms with Crippen LogP contribution >= 0.6 is 0 Å². The van der Waals surface area contributed by atoms with E-state index in [0.29, 0.717) is 59.4 Å². The summed E-state index contributed by atoms with van der Waals surface area (Å²) in [6, 6.07) is 0. The van der Waals surface area contributed by atoms with E-state index in [0.717, 1.165) is 13.1 Å². The predicted molar refractivity (Wildman–Crippen MR) is 66.8 cm³/mol. The summed E-state index contributed by atoms with van der Waals surface area (Å²) in [5, 5.41) is 8.96. The molecule has 0 aromatic carbocycles. The zero-order chi connectivity index (χ0) is 12.9. The van der Waals surface area contributed by atoms with Crippen molar-refractivity contribution in [1.29, 1.82) is 0 Å². The van der Waals surface area contributed by atoms with Gasteiger partial charge in [-0.3, -0.25) is 4.90 Å². The third-order valence-corrected chi connectivity index (χ3v) is 2.64. The Bertz CT molecular complexity index is 166. The minimum Gasteiger partial charge on any atom is -0.395 e. The zero-order valence-corrected chi connectivity index (χ0v) is 11.0. The molecular weight excluding hydrogens is 238 g/mol. The first-order valence-corrected chi connectivity index (χ1v) is 6.57. The van der Waals surface area contributed by atoms with Gasteiger partial charge in [0.05, 0.1) is 59.5 Å². The molecule has 0 saturated carbocycles. The lowest BCUT2D eigenvalue weighted by molar-refractivity contribution is 0.00206. The van der Waals surface area contributed by atoms with Crippen molar-refractivity contribution in [2.45, 2.75) is 0 Å². The first kappa shape index (κ1) is 15.8. The summed E-state index contributed by atoms with van der Waals surface area (Å²) < 4.78 is 21.6. The number of rotatable bonds is 2. The van der Waals surface area contributed by atoms with Gasteiger partial charge in [-0.25, -0.2) is 0 Å². The van der Waals surface area contributed by atoms with E-state index < -0.39 is 0 Å². The van der Waals surface area contributed by atoms with Gasteiger partial charge in [0.15, 0.2) is 0 Å². The fourth-order valence-electron chi connectivity index (χ4n) is 1.63. The molecule has 1 aliphatic heterocycles. The highest BCUT2D eigenvalue weighted by Crippen LogP contribution is 1.91. The maximum Gasteiger partial charge on any atom is 0.0701 e. The summed E-state index contributed by atoms with van der Waals surface area (Å²) in [5.74, 6) is 0. The number of β-amino-alcohol motifs (C(OH)–C–C–N with tert-alkyl or cyclic N) is 1. The van der Waals surface area contributed by atoms with Gasteiger partial charge in [-0.15, -0.1) is 0 Å². The Morgan fingerprint density at radius 3 is 1.44 bits per heavy atom. The molecule has 0 aliphatic carbocycles. The molecule has 0 atom stereocenters. The van der Waals surface area contributed by atoms with E-state index in [2.05, 4.69) is 4.90 Å². The molecule has 1 N–H and O–H groups in total. The van der Waals surface area contributed by atoms with Crippen LogP contribution in [0, 0.1) is 0 Å². The van der Waals surface area contributed by atoms with Crippen LogP contribution in [0.15, 0.2) is 0 Å². The van der Waals surface area contributed by atoms with Crippen molar-refractivity contribution in [1.82, 2.24) is 4.90 Å². The van der Waals surface area contributed by atoms with E-state index in [1.165, 1.54) is 0 Å². The van der Waals surface area contributed by atoms with Gasteiger partial charge in [-0.2, -0.15) is 0 Å². The van der Waals surface area contributed by atoms with E-state index in [1.807, 2.05) is 0 Å². The lowest BCUT2D eigenvalue weighted by atomic mass is 10.4. The van der Waals surface area contributed by atoms with E-state index in [4.69, 9.17) is 24.1 Å². The van der Waals surface area contributed by atoms with Crippen molar-refractivity contribution in [2.24, 2.45) is 0 Å². The maximum atomic E-state index is 8.96. The quantitative estimate of drug-likeness (QED) is 0.715. The van der Waals surface area contributed by atoms with Crippen LogP contribution < -0.4 is 0 Å². The third kappa shape index (κ3) is 8.79. The van der Waals surface area contributed by atoms with Crippen LogP contribution in [-0.2, 0) is 18.9 Å². The number of ether oxygens (including phenoxy) is 4. The Hall–Kier alpha value is -0.240. The van der Waals surface area contributed by atoms with Crippen molar-refractivity contribution >= 4 is 0 Å². The molecule has 18 heavy (non-hydrogen) atoms. The van der Waals surface area contributed by atoms with Gasteiger partial charge in [0.1, 0.15) is 0 Å². The van der Waals surface area contributed by atoms with Crippen LogP contribution in [-0.4, -0.2) is 89.1 Å². The molecule has 108 valence electrons. The second kappa shape index (κ2) is 11.8. The molecular formula is C12H25NO5. The topological polar surface area (TPSA) is 60.4 Å². The summed E-state index contributed by atoms with van der Waals surface area (Å²) >= 11 is 0. The molecule has 6 heteroatoms. The Morgan fingerprint density at radius 2 is 1.06 bits per heavy atom. The third-order valence-electron chi connectivity index (χ3n) is 2.64. The van der Waals surface area contributed by atoms with Crippen LogP contribution in [0.3, 0.4) is 0 Å². The van der Waals surface area contributed by atoms with Gasteiger partial charge in [0.2, 0.25) is 0 Å². The maximum absolute atomic E-state index is 8.96. The van der Waals surface area contributed by atoms with Crippen molar-refractivity contribution in [3.05, 3.63) is 0 Å². The first-order chi connectivity index (χ1) is 8.93.